The molecule has 12 heavy (non-hydrogen) atoms. The molecule has 0 aliphatic rings. The van der Waals surface area contributed by atoms with Gasteiger partial charge in [-0.1, -0.05) is 0 Å². The third kappa shape index (κ3) is 1.71. The number of nitrogens with two attached hydrogens (primary N) is 1. The first-order valence-electron chi connectivity index (χ1n) is 3.05. The van der Waals surface area contributed by atoms with Gasteiger partial charge in [-0.25, -0.2) is 9.37 Å². The van der Waals surface area contributed by atoms with Crippen molar-refractivity contribution in [3.8, 4) is 17.9 Å². The number of rotatable bonds is 0. The van der Waals surface area contributed by atoms with Crippen molar-refractivity contribution in [1.82, 2.24) is 4.98 Å². The normalized spacial score (nSPS) is 8.00. The van der Waals surface area contributed by atoms with Crippen molar-refractivity contribution in [2.24, 2.45) is 0 Å². The first kappa shape index (κ1) is 8.03. The highest BCUT2D eigenvalue weighted by Gasteiger charge is 1.97. The summed E-state index contributed by atoms with van der Waals surface area (Å²) in [5.41, 5.74) is 5.57. The quantitative estimate of drug-likeness (QED) is 0.569. The number of nitrogen functional groups attached to an aromatic ring is 1. The zero-order valence-corrected chi connectivity index (χ0v) is 6.00. The summed E-state index contributed by atoms with van der Waals surface area (Å²) in [4.78, 5) is 3.52. The molecule has 58 valence electrons. The molecule has 0 saturated carbocycles. The zero-order valence-electron chi connectivity index (χ0n) is 6.00. The van der Waals surface area contributed by atoms with Crippen molar-refractivity contribution in [1.29, 1.82) is 5.26 Å². The highest BCUT2D eigenvalue weighted by atomic mass is 19.1. The molecule has 0 saturated heterocycles. The van der Waals surface area contributed by atoms with Crippen LogP contribution in [0.2, 0.25) is 0 Å². The summed E-state index contributed by atoms with van der Waals surface area (Å²) in [7, 11) is 0. The average molecular weight is 161 g/mol. The topological polar surface area (TPSA) is 62.7 Å². The smallest absolute Gasteiger partial charge is 0.152 e. The second-order valence-corrected chi connectivity index (χ2v) is 1.95. The van der Waals surface area contributed by atoms with E-state index in [1.165, 1.54) is 0 Å². The lowest BCUT2D eigenvalue weighted by molar-refractivity contribution is 0.621. The van der Waals surface area contributed by atoms with Crippen LogP contribution >= 0.6 is 0 Å². The molecule has 0 aliphatic carbocycles. The molecule has 1 aromatic rings. The Morgan fingerprint density at radius 3 is 3.00 bits per heavy atom. The summed E-state index contributed by atoms with van der Waals surface area (Å²) in [5.74, 6) is 4.07. The molecule has 0 spiro atoms. The molecule has 0 aliphatic heterocycles. The molecule has 1 aromatic heterocycles. The van der Waals surface area contributed by atoms with E-state index < -0.39 is 5.82 Å². The lowest BCUT2D eigenvalue weighted by Gasteiger charge is -1.94. The summed E-state index contributed by atoms with van der Waals surface area (Å²) in [6, 6.07) is 2.73. The van der Waals surface area contributed by atoms with E-state index in [2.05, 4.69) is 16.8 Å². The molecule has 1 rings (SSSR count). The van der Waals surface area contributed by atoms with Crippen LogP contribution in [0, 0.1) is 29.0 Å². The molecule has 0 bridgehead atoms. The largest absolute Gasteiger partial charge is 0.383 e. The van der Waals surface area contributed by atoms with Crippen LogP contribution in [0.4, 0.5) is 10.2 Å². The van der Waals surface area contributed by atoms with Gasteiger partial charge >= 0.3 is 0 Å². The monoisotopic (exact) mass is 161 g/mol. The fourth-order valence-corrected chi connectivity index (χ4v) is 0.645. The second kappa shape index (κ2) is 3.36. The second-order valence-electron chi connectivity index (χ2n) is 1.95. The molecule has 0 radical (unpaired) electrons. The minimum Gasteiger partial charge on any atom is -0.383 e. The van der Waals surface area contributed by atoms with Crippen molar-refractivity contribution in [2.75, 3.05) is 5.73 Å². The van der Waals surface area contributed by atoms with Crippen LogP contribution in [0.5, 0.6) is 0 Å². The lowest BCUT2D eigenvalue weighted by atomic mass is 10.2. The van der Waals surface area contributed by atoms with Gasteiger partial charge in [-0.05, 0) is 12.0 Å². The first-order chi connectivity index (χ1) is 5.74. The molecule has 0 amide bonds. The first-order valence-corrected chi connectivity index (χ1v) is 3.05. The molecule has 0 atom stereocenters. The number of pyridine rings is 1. The summed E-state index contributed by atoms with van der Waals surface area (Å²) in [6.45, 7) is 0. The molecule has 4 heteroatoms. The Kier molecular flexibility index (Phi) is 2.25. The van der Waals surface area contributed by atoms with Gasteiger partial charge in [0.15, 0.2) is 6.07 Å². The molecule has 0 aromatic carbocycles. The van der Waals surface area contributed by atoms with Crippen LogP contribution in [0.15, 0.2) is 12.3 Å². The van der Waals surface area contributed by atoms with E-state index >= 15 is 0 Å². The molecular weight excluding hydrogens is 157 g/mol. The number of nitriles is 1. The highest BCUT2D eigenvalue weighted by Crippen LogP contribution is 2.07. The Morgan fingerprint density at radius 2 is 2.33 bits per heavy atom. The van der Waals surface area contributed by atoms with E-state index in [0.29, 0.717) is 0 Å². The molecule has 0 fully saturated rings. The van der Waals surface area contributed by atoms with Gasteiger partial charge in [-0.2, -0.15) is 5.26 Å². The van der Waals surface area contributed by atoms with Gasteiger partial charge < -0.3 is 5.73 Å². The van der Waals surface area contributed by atoms with E-state index in [1.807, 2.05) is 0 Å². The summed E-state index contributed by atoms with van der Waals surface area (Å²) >= 11 is 0. The number of aromatic nitrogens is 1. The molecule has 1 heterocycles. The number of halogens is 1. The van der Waals surface area contributed by atoms with Crippen LogP contribution in [-0.2, 0) is 0 Å². The van der Waals surface area contributed by atoms with Crippen LogP contribution in [0.1, 0.15) is 5.56 Å². The standard InChI is InChI=1S/C8H4FN3/c9-7-4-6(2-1-3-10)8(11)12-5-7/h4-5H,(H2,11,12). The summed E-state index contributed by atoms with van der Waals surface area (Å²) in [6.07, 6.45) is 0.993. The summed E-state index contributed by atoms with van der Waals surface area (Å²) in [5, 5.41) is 8.11. The Morgan fingerprint density at radius 1 is 1.58 bits per heavy atom. The highest BCUT2D eigenvalue weighted by molar-refractivity contribution is 5.51. The minimum absolute atomic E-state index is 0.124. The molecule has 2 N–H and O–H groups in total. The molecular formula is C8H4FN3. The van der Waals surface area contributed by atoms with E-state index in [0.717, 1.165) is 12.3 Å². The van der Waals surface area contributed by atoms with Crippen LogP contribution < -0.4 is 5.73 Å². The van der Waals surface area contributed by atoms with Gasteiger partial charge in [0.1, 0.15) is 11.6 Å². The maximum absolute atomic E-state index is 12.5. The minimum atomic E-state index is -0.522. The van der Waals surface area contributed by atoms with E-state index in [4.69, 9.17) is 11.0 Å². The predicted octanol–water partition coefficient (Wildman–Crippen LogP) is 0.678. The van der Waals surface area contributed by atoms with Gasteiger partial charge in [-0.15, -0.1) is 0 Å². The third-order valence-electron chi connectivity index (χ3n) is 1.14. The zero-order chi connectivity index (χ0) is 8.97. The number of hydrogen-bond donors (Lipinski definition) is 1. The average Bonchev–Trinajstić information content (AvgIpc) is 2.07. The predicted molar refractivity (Wildman–Crippen MR) is 41.1 cm³/mol. The van der Waals surface area contributed by atoms with Gasteiger partial charge in [0, 0.05) is 5.92 Å². The van der Waals surface area contributed by atoms with E-state index in [9.17, 15) is 4.39 Å². The summed E-state index contributed by atoms with van der Waals surface area (Å²) < 4.78 is 12.5. The van der Waals surface area contributed by atoms with Crippen LogP contribution in [-0.4, -0.2) is 4.98 Å². The Balaban J connectivity index is 3.16. The Bertz CT molecular complexity index is 395. The number of hydrogen-bond acceptors (Lipinski definition) is 3. The van der Waals surface area contributed by atoms with Crippen molar-refractivity contribution < 1.29 is 4.39 Å². The van der Waals surface area contributed by atoms with Gasteiger partial charge in [0.05, 0.1) is 11.8 Å². The van der Waals surface area contributed by atoms with Crippen LogP contribution in [0.3, 0.4) is 0 Å². The van der Waals surface area contributed by atoms with Gasteiger partial charge in [0.25, 0.3) is 0 Å². The maximum atomic E-state index is 12.5. The SMILES string of the molecule is N#CC#Cc1cc(F)cnc1N. The lowest BCUT2D eigenvalue weighted by Crippen LogP contribution is -1.94. The Labute approximate surface area is 68.6 Å². The van der Waals surface area contributed by atoms with Crippen molar-refractivity contribution >= 4 is 5.82 Å². The van der Waals surface area contributed by atoms with Crippen molar-refractivity contribution in [3.05, 3.63) is 23.6 Å². The molecule has 3 nitrogen and oxygen atoms in total. The van der Waals surface area contributed by atoms with Crippen molar-refractivity contribution in [2.45, 2.75) is 0 Å². The van der Waals surface area contributed by atoms with E-state index in [-0.39, 0.29) is 11.4 Å². The molecule has 0 unspecified atom stereocenters. The third-order valence-corrected chi connectivity index (χ3v) is 1.14. The van der Waals surface area contributed by atoms with Gasteiger partial charge in [-0.3, -0.25) is 0 Å². The maximum Gasteiger partial charge on any atom is 0.152 e. The number of nitrogens with zero attached hydrogens (tertiary/aromatic N) is 2. The number of anilines is 1. The van der Waals surface area contributed by atoms with Crippen LogP contribution in [0.25, 0.3) is 0 Å². The van der Waals surface area contributed by atoms with E-state index in [1.54, 1.807) is 6.07 Å². The van der Waals surface area contributed by atoms with Crippen molar-refractivity contribution in [3.63, 3.8) is 0 Å². The Hall–Kier alpha value is -2.07. The fraction of sp³-hybridized carbons (Fsp3) is 0. The van der Waals surface area contributed by atoms with Gasteiger partial charge in [0.2, 0.25) is 0 Å². The fourth-order valence-electron chi connectivity index (χ4n) is 0.645.